The third-order valence-electron chi connectivity index (χ3n) is 3.52. The van der Waals surface area contributed by atoms with E-state index in [4.69, 9.17) is 9.47 Å². The van der Waals surface area contributed by atoms with Crippen molar-refractivity contribution in [1.29, 1.82) is 0 Å². The van der Waals surface area contributed by atoms with E-state index in [1.54, 1.807) is 25.3 Å². The van der Waals surface area contributed by atoms with Crippen molar-refractivity contribution in [1.82, 2.24) is 9.97 Å². The lowest BCUT2D eigenvalue weighted by Crippen LogP contribution is -2.12. The number of esters is 1. The minimum atomic E-state index is -0.591. The second kappa shape index (κ2) is 7.75. The maximum Gasteiger partial charge on any atom is 0.358 e. The van der Waals surface area contributed by atoms with E-state index < -0.39 is 5.97 Å². The predicted molar refractivity (Wildman–Crippen MR) is 97.6 cm³/mol. The van der Waals surface area contributed by atoms with Gasteiger partial charge in [0.1, 0.15) is 5.75 Å². The number of rotatable bonds is 5. The van der Waals surface area contributed by atoms with Crippen LogP contribution in [0, 0.1) is 0 Å². The van der Waals surface area contributed by atoms with Gasteiger partial charge in [-0.3, -0.25) is 15.1 Å². The maximum absolute atomic E-state index is 12.3. The van der Waals surface area contributed by atoms with Gasteiger partial charge in [-0.15, -0.1) is 0 Å². The van der Waals surface area contributed by atoms with Gasteiger partial charge < -0.3 is 9.47 Å². The predicted octanol–water partition coefficient (Wildman–Crippen LogP) is 3.25. The van der Waals surface area contributed by atoms with Crippen LogP contribution in [0.5, 0.6) is 5.75 Å². The molecule has 0 bridgehead atoms. The smallest absolute Gasteiger partial charge is 0.358 e. The average molecular weight is 369 g/mol. The summed E-state index contributed by atoms with van der Waals surface area (Å²) in [7, 11) is 2.83. The van der Waals surface area contributed by atoms with Gasteiger partial charge in [0, 0.05) is 23.5 Å². The van der Waals surface area contributed by atoms with Crippen molar-refractivity contribution in [3.63, 3.8) is 0 Å². The molecule has 0 unspecified atom stereocenters. The molecule has 0 atom stereocenters. The second-order valence-corrected chi connectivity index (χ2v) is 6.08. The van der Waals surface area contributed by atoms with E-state index in [9.17, 15) is 9.59 Å². The van der Waals surface area contributed by atoms with Crippen molar-refractivity contribution < 1.29 is 19.1 Å². The quantitative estimate of drug-likeness (QED) is 0.694. The minimum absolute atomic E-state index is 0.118. The maximum atomic E-state index is 12.3. The zero-order valence-corrected chi connectivity index (χ0v) is 14.9. The number of pyridine rings is 1. The fourth-order valence-corrected chi connectivity index (χ4v) is 3.27. The van der Waals surface area contributed by atoms with Crippen molar-refractivity contribution in [3.8, 4) is 16.2 Å². The van der Waals surface area contributed by atoms with E-state index in [1.807, 2.05) is 18.2 Å². The van der Waals surface area contributed by atoms with E-state index in [1.165, 1.54) is 30.8 Å². The number of hydrogen-bond donors (Lipinski definition) is 1. The number of para-hydroxylation sites is 1. The van der Waals surface area contributed by atoms with Gasteiger partial charge in [-0.05, 0) is 24.3 Å². The first-order valence-electron chi connectivity index (χ1n) is 7.58. The van der Waals surface area contributed by atoms with E-state index in [0.29, 0.717) is 21.8 Å². The summed E-state index contributed by atoms with van der Waals surface area (Å²) < 4.78 is 10.2. The molecule has 0 fully saturated rings. The van der Waals surface area contributed by atoms with E-state index in [0.717, 1.165) is 0 Å². The van der Waals surface area contributed by atoms with Crippen molar-refractivity contribution in [3.05, 3.63) is 60.0 Å². The average Bonchev–Trinajstić information content (AvgIpc) is 3.11. The monoisotopic (exact) mass is 369 g/mol. The molecule has 8 heteroatoms. The number of aromatic nitrogens is 2. The lowest BCUT2D eigenvalue weighted by Gasteiger charge is -2.06. The molecular weight excluding hydrogens is 354 g/mol. The molecule has 26 heavy (non-hydrogen) atoms. The van der Waals surface area contributed by atoms with Crippen LogP contribution in [0.2, 0.25) is 0 Å². The van der Waals surface area contributed by atoms with Crippen LogP contribution in [0.3, 0.4) is 0 Å². The fourth-order valence-electron chi connectivity index (χ4n) is 2.30. The first kappa shape index (κ1) is 17.6. The Morgan fingerprint density at radius 2 is 1.81 bits per heavy atom. The number of ether oxygens (including phenoxy) is 2. The lowest BCUT2D eigenvalue weighted by molar-refractivity contribution is 0.0595. The molecule has 3 rings (SSSR count). The molecule has 2 aromatic heterocycles. The summed E-state index contributed by atoms with van der Waals surface area (Å²) in [6.45, 7) is 0. The molecule has 1 aromatic carbocycles. The van der Waals surface area contributed by atoms with Gasteiger partial charge in [0.25, 0.3) is 5.91 Å². The molecule has 0 aliphatic carbocycles. The molecule has 0 aliphatic heterocycles. The van der Waals surface area contributed by atoms with Gasteiger partial charge in [0.2, 0.25) is 0 Å². The largest absolute Gasteiger partial charge is 0.496 e. The molecule has 0 saturated carbocycles. The van der Waals surface area contributed by atoms with Crippen molar-refractivity contribution >= 4 is 28.3 Å². The molecule has 1 amide bonds. The zero-order chi connectivity index (χ0) is 18.5. The number of thiazole rings is 1. The summed E-state index contributed by atoms with van der Waals surface area (Å²) >= 11 is 1.17. The van der Waals surface area contributed by atoms with Crippen LogP contribution in [0.15, 0.2) is 48.8 Å². The standard InChI is InChI=1S/C18H15N3O4S/c1-24-13-6-4-3-5-12(13)15-14(17(23)25-2)20-18(26-15)21-16(22)11-7-9-19-10-8-11/h3-10H,1-2H3,(H,20,21,22). The third-order valence-corrected chi connectivity index (χ3v) is 4.52. The molecule has 132 valence electrons. The highest BCUT2D eigenvalue weighted by atomic mass is 32.1. The van der Waals surface area contributed by atoms with Crippen molar-refractivity contribution in [2.45, 2.75) is 0 Å². The van der Waals surface area contributed by atoms with Crippen LogP contribution < -0.4 is 10.1 Å². The van der Waals surface area contributed by atoms with Crippen LogP contribution >= 0.6 is 11.3 Å². The first-order chi connectivity index (χ1) is 12.6. The SMILES string of the molecule is COC(=O)c1nc(NC(=O)c2ccncc2)sc1-c1ccccc1OC. The normalized spacial score (nSPS) is 10.2. The molecule has 0 aliphatic rings. The van der Waals surface area contributed by atoms with Gasteiger partial charge >= 0.3 is 5.97 Å². The van der Waals surface area contributed by atoms with Gasteiger partial charge in [-0.2, -0.15) is 0 Å². The van der Waals surface area contributed by atoms with Gasteiger partial charge in [0.15, 0.2) is 10.8 Å². The van der Waals surface area contributed by atoms with Gasteiger partial charge in [0.05, 0.1) is 19.1 Å². The second-order valence-electron chi connectivity index (χ2n) is 5.08. The van der Waals surface area contributed by atoms with E-state index in [2.05, 4.69) is 15.3 Å². The fraction of sp³-hybridized carbons (Fsp3) is 0.111. The van der Waals surface area contributed by atoms with Gasteiger partial charge in [-0.1, -0.05) is 23.5 Å². The highest BCUT2D eigenvalue weighted by Crippen LogP contribution is 2.38. The minimum Gasteiger partial charge on any atom is -0.496 e. The molecular formula is C18H15N3O4S. The number of benzene rings is 1. The first-order valence-corrected chi connectivity index (χ1v) is 8.39. The molecule has 2 heterocycles. The molecule has 3 aromatic rings. The Bertz CT molecular complexity index is 941. The number of nitrogens with one attached hydrogen (secondary N) is 1. The Hall–Kier alpha value is -3.26. The number of anilines is 1. The van der Waals surface area contributed by atoms with Crippen LogP contribution in [0.1, 0.15) is 20.8 Å². The molecule has 7 nitrogen and oxygen atoms in total. The summed E-state index contributed by atoms with van der Waals surface area (Å²) in [5.74, 6) is -0.343. The zero-order valence-electron chi connectivity index (χ0n) is 14.1. The number of amides is 1. The Morgan fingerprint density at radius 3 is 2.50 bits per heavy atom. The number of nitrogens with zero attached hydrogens (tertiary/aromatic N) is 2. The summed E-state index contributed by atoms with van der Waals surface area (Å²) in [6, 6.07) is 10.4. The highest BCUT2D eigenvalue weighted by molar-refractivity contribution is 7.19. The van der Waals surface area contributed by atoms with Crippen molar-refractivity contribution in [2.75, 3.05) is 19.5 Å². The van der Waals surface area contributed by atoms with E-state index in [-0.39, 0.29) is 16.7 Å². The Balaban J connectivity index is 2.00. The Kier molecular flexibility index (Phi) is 5.23. The van der Waals surface area contributed by atoms with Crippen LogP contribution in [-0.4, -0.2) is 36.1 Å². The summed E-state index contributed by atoms with van der Waals surface area (Å²) in [5.41, 5.74) is 1.25. The van der Waals surface area contributed by atoms with Gasteiger partial charge in [-0.25, -0.2) is 9.78 Å². The molecule has 0 spiro atoms. The number of carbonyl (C=O) groups excluding carboxylic acids is 2. The summed E-state index contributed by atoms with van der Waals surface area (Å²) in [6.07, 6.45) is 3.05. The molecule has 0 radical (unpaired) electrons. The highest BCUT2D eigenvalue weighted by Gasteiger charge is 2.23. The number of methoxy groups -OCH3 is 2. The molecule has 0 saturated heterocycles. The van der Waals surface area contributed by atoms with Crippen molar-refractivity contribution in [2.24, 2.45) is 0 Å². The summed E-state index contributed by atoms with van der Waals surface area (Å²) in [5, 5.41) is 2.98. The Labute approximate surface area is 153 Å². The van der Waals surface area contributed by atoms with Crippen LogP contribution in [0.4, 0.5) is 5.13 Å². The van der Waals surface area contributed by atoms with Crippen LogP contribution in [0.25, 0.3) is 10.4 Å². The lowest BCUT2D eigenvalue weighted by atomic mass is 10.1. The number of hydrogen-bond acceptors (Lipinski definition) is 7. The Morgan fingerprint density at radius 1 is 1.08 bits per heavy atom. The third kappa shape index (κ3) is 3.55. The summed E-state index contributed by atoms with van der Waals surface area (Å²) in [4.78, 5) is 33.1. The number of carbonyl (C=O) groups is 2. The molecule has 1 N–H and O–H groups in total. The van der Waals surface area contributed by atoms with E-state index >= 15 is 0 Å². The van der Waals surface area contributed by atoms with Crippen LogP contribution in [-0.2, 0) is 4.74 Å². The topological polar surface area (TPSA) is 90.4 Å².